The van der Waals surface area contributed by atoms with E-state index in [1.807, 2.05) is 0 Å². The average Bonchev–Trinajstić information content (AvgIpc) is 3.28. The van der Waals surface area contributed by atoms with E-state index in [-0.39, 0.29) is 46.2 Å². The van der Waals surface area contributed by atoms with Crippen LogP contribution >= 0.6 is 11.6 Å². The minimum absolute atomic E-state index is 0.0516. The molecule has 0 saturated heterocycles. The van der Waals surface area contributed by atoms with E-state index in [1.165, 1.54) is 22.8 Å². The number of nitrogens with one attached hydrogen (secondary N) is 2. The van der Waals surface area contributed by atoms with Crippen molar-refractivity contribution in [1.82, 2.24) is 49.9 Å². The molecule has 0 radical (unpaired) electrons. The van der Waals surface area contributed by atoms with Crippen LogP contribution in [0, 0.1) is 6.92 Å². The molecule has 5 aromatic rings. The summed E-state index contributed by atoms with van der Waals surface area (Å²) in [5.74, 6) is -2.41. The lowest BCUT2D eigenvalue weighted by Crippen LogP contribution is -2.30. The van der Waals surface area contributed by atoms with E-state index in [2.05, 4.69) is 41.2 Å². The molecule has 0 atom stereocenters. The van der Waals surface area contributed by atoms with E-state index in [0.29, 0.717) is 15.9 Å². The van der Waals surface area contributed by atoms with Crippen molar-refractivity contribution in [2.45, 2.75) is 38.5 Å². The van der Waals surface area contributed by atoms with Gasteiger partial charge in [-0.15, -0.1) is 10.2 Å². The molecule has 0 unspecified atom stereocenters. The summed E-state index contributed by atoms with van der Waals surface area (Å²) in [4.78, 5) is 31.9. The SMILES string of the molecule is Cc1cc2ccnn2c(C(=O)NC2CC2)c1NC(=O)c1cc(Cn2nnc(C(F)(F)F)n2)nn1-c1ncccc1Cl. The molecule has 17 heteroatoms. The Kier molecular flexibility index (Phi) is 6.40. The van der Waals surface area contributed by atoms with Gasteiger partial charge in [0.1, 0.15) is 12.2 Å². The highest BCUT2D eigenvalue weighted by molar-refractivity contribution is 6.32. The Morgan fingerprint density at radius 2 is 1.93 bits per heavy atom. The highest BCUT2D eigenvalue weighted by Gasteiger charge is 2.37. The van der Waals surface area contributed by atoms with Gasteiger partial charge in [-0.1, -0.05) is 11.6 Å². The third-order valence-electron chi connectivity index (χ3n) is 6.19. The van der Waals surface area contributed by atoms with Crippen molar-refractivity contribution >= 4 is 34.6 Å². The van der Waals surface area contributed by atoms with Gasteiger partial charge in [0, 0.05) is 12.2 Å². The zero-order valence-corrected chi connectivity index (χ0v) is 21.8. The monoisotopic (exact) mass is 585 g/mol. The maximum absolute atomic E-state index is 13.8. The zero-order chi connectivity index (χ0) is 28.9. The molecular weight excluding hydrogens is 567 g/mol. The van der Waals surface area contributed by atoms with E-state index in [0.717, 1.165) is 17.5 Å². The molecule has 0 aliphatic heterocycles. The Bertz CT molecular complexity index is 1810. The fraction of sp³-hybridized carbons (Fsp3) is 0.250. The van der Waals surface area contributed by atoms with E-state index >= 15 is 0 Å². The lowest BCUT2D eigenvalue weighted by molar-refractivity contribution is -0.145. The lowest BCUT2D eigenvalue weighted by atomic mass is 10.1. The van der Waals surface area contributed by atoms with Crippen LogP contribution in [0.25, 0.3) is 11.3 Å². The van der Waals surface area contributed by atoms with Gasteiger partial charge in [-0.25, -0.2) is 14.2 Å². The second-order valence-electron chi connectivity index (χ2n) is 9.30. The maximum atomic E-state index is 13.8. The van der Waals surface area contributed by atoms with Gasteiger partial charge >= 0.3 is 6.18 Å². The Balaban J connectivity index is 1.39. The number of aryl methyl sites for hydroxylation is 1. The van der Waals surface area contributed by atoms with Gasteiger partial charge in [0.05, 0.1) is 28.1 Å². The first kappa shape index (κ1) is 26.4. The minimum atomic E-state index is -4.78. The number of anilines is 1. The number of halogens is 4. The number of carbonyl (C=O) groups is 2. The van der Waals surface area contributed by atoms with Crippen LogP contribution in [0.5, 0.6) is 0 Å². The smallest absolute Gasteiger partial charge is 0.348 e. The van der Waals surface area contributed by atoms with Gasteiger partial charge in [-0.05, 0) is 60.9 Å². The molecule has 2 amide bonds. The number of alkyl halides is 3. The molecule has 2 N–H and O–H groups in total. The summed E-state index contributed by atoms with van der Waals surface area (Å²) in [7, 11) is 0. The summed E-state index contributed by atoms with van der Waals surface area (Å²) >= 11 is 6.33. The summed E-state index contributed by atoms with van der Waals surface area (Å²) < 4.78 is 41.4. The van der Waals surface area contributed by atoms with Crippen molar-refractivity contribution in [3.05, 3.63) is 76.2 Å². The molecule has 0 bridgehead atoms. The number of aromatic nitrogens is 9. The van der Waals surface area contributed by atoms with Gasteiger partial charge in [0.15, 0.2) is 11.5 Å². The molecular formula is C24H19ClF3N11O2. The summed E-state index contributed by atoms with van der Waals surface area (Å²) in [5, 5.41) is 24.3. The second kappa shape index (κ2) is 9.96. The second-order valence-corrected chi connectivity index (χ2v) is 9.71. The van der Waals surface area contributed by atoms with E-state index in [1.54, 1.807) is 31.3 Å². The van der Waals surface area contributed by atoms with E-state index in [9.17, 15) is 22.8 Å². The van der Waals surface area contributed by atoms with E-state index in [4.69, 9.17) is 11.6 Å². The molecule has 13 nitrogen and oxygen atoms in total. The molecule has 6 rings (SSSR count). The Labute approximate surface area is 233 Å². The van der Waals surface area contributed by atoms with Gasteiger partial charge in [-0.2, -0.15) is 28.2 Å². The number of nitrogens with zero attached hydrogens (tertiary/aromatic N) is 9. The topological polar surface area (TPSA) is 150 Å². The zero-order valence-electron chi connectivity index (χ0n) is 21.1. The van der Waals surface area contributed by atoms with Crippen LogP contribution in [0.2, 0.25) is 5.02 Å². The minimum Gasteiger partial charge on any atom is -0.348 e. The number of hydrogen-bond acceptors (Lipinski definition) is 8. The number of amides is 2. The van der Waals surface area contributed by atoms with Crippen LogP contribution in [-0.4, -0.2) is 62.4 Å². The number of pyridine rings is 2. The van der Waals surface area contributed by atoms with Crippen molar-refractivity contribution in [2.75, 3.05) is 5.32 Å². The molecule has 1 aliphatic carbocycles. The Hall–Kier alpha value is -4.86. The summed E-state index contributed by atoms with van der Waals surface area (Å²) in [6, 6.07) is 8.01. The molecule has 5 aromatic heterocycles. The normalized spacial score (nSPS) is 13.5. The number of fused-ring (bicyclic) bond motifs is 1. The van der Waals surface area contributed by atoms with Crippen LogP contribution in [0.4, 0.5) is 18.9 Å². The molecule has 1 saturated carbocycles. The van der Waals surface area contributed by atoms with Crippen LogP contribution in [-0.2, 0) is 12.7 Å². The molecule has 0 aromatic carbocycles. The van der Waals surface area contributed by atoms with Crippen molar-refractivity contribution in [1.29, 1.82) is 0 Å². The molecule has 41 heavy (non-hydrogen) atoms. The predicted molar refractivity (Wildman–Crippen MR) is 137 cm³/mol. The van der Waals surface area contributed by atoms with Crippen molar-refractivity contribution in [2.24, 2.45) is 0 Å². The predicted octanol–water partition coefficient (Wildman–Crippen LogP) is 3.07. The highest BCUT2D eigenvalue weighted by atomic mass is 35.5. The Morgan fingerprint density at radius 3 is 2.63 bits per heavy atom. The molecule has 1 aliphatic rings. The summed E-state index contributed by atoms with van der Waals surface area (Å²) in [5.41, 5.74) is 1.67. The first-order valence-electron chi connectivity index (χ1n) is 12.2. The number of hydrogen-bond donors (Lipinski definition) is 2. The standard InChI is InChI=1S/C24H19ClF3N11O2/c1-12-9-15-6-8-30-38(15)19(22(41)31-13-4-5-13)18(12)32-21(40)17-10-14(11-37-35-23(33-36-37)24(26,27)28)34-39(17)20-16(25)3-2-7-29-20/h2-3,6-10,13H,4-5,11H2,1H3,(H,31,41)(H,32,40). The quantitative estimate of drug-likeness (QED) is 0.296. The van der Waals surface area contributed by atoms with Crippen molar-refractivity contribution < 1.29 is 22.8 Å². The number of tetrazole rings is 1. The van der Waals surface area contributed by atoms with Crippen LogP contribution in [0.15, 0.2) is 42.7 Å². The molecule has 210 valence electrons. The first-order valence-corrected chi connectivity index (χ1v) is 12.6. The van der Waals surface area contributed by atoms with Crippen LogP contribution < -0.4 is 10.6 Å². The molecule has 5 heterocycles. The van der Waals surface area contributed by atoms with E-state index < -0.39 is 23.8 Å². The summed E-state index contributed by atoms with van der Waals surface area (Å²) in [6.07, 6.45) is -0.0734. The fourth-order valence-corrected chi connectivity index (χ4v) is 4.36. The Morgan fingerprint density at radius 1 is 1.12 bits per heavy atom. The van der Waals surface area contributed by atoms with Crippen LogP contribution in [0.3, 0.4) is 0 Å². The van der Waals surface area contributed by atoms with Gasteiger partial charge in [0.25, 0.3) is 17.6 Å². The van der Waals surface area contributed by atoms with Crippen molar-refractivity contribution in [3.63, 3.8) is 0 Å². The summed E-state index contributed by atoms with van der Waals surface area (Å²) in [6.45, 7) is 1.40. The van der Waals surface area contributed by atoms with Gasteiger partial charge in [-0.3, -0.25) is 9.59 Å². The largest absolute Gasteiger partial charge is 0.455 e. The third-order valence-corrected chi connectivity index (χ3v) is 6.48. The lowest BCUT2D eigenvalue weighted by Gasteiger charge is -2.16. The van der Waals surface area contributed by atoms with Gasteiger partial charge < -0.3 is 10.6 Å². The third kappa shape index (κ3) is 5.20. The van der Waals surface area contributed by atoms with Crippen molar-refractivity contribution in [3.8, 4) is 5.82 Å². The van der Waals surface area contributed by atoms with Crippen LogP contribution in [0.1, 0.15) is 50.9 Å². The fourth-order valence-electron chi connectivity index (χ4n) is 4.16. The van der Waals surface area contributed by atoms with Gasteiger partial charge in [0.2, 0.25) is 0 Å². The first-order chi connectivity index (χ1) is 19.6. The maximum Gasteiger partial charge on any atom is 0.455 e. The highest BCUT2D eigenvalue weighted by Crippen LogP contribution is 2.28. The molecule has 1 fully saturated rings. The number of carbonyl (C=O) groups excluding carboxylic acids is 2. The average molecular weight is 586 g/mol. The number of rotatable bonds is 7. The molecule has 0 spiro atoms.